The lowest BCUT2D eigenvalue weighted by molar-refractivity contribution is 0.0953. The van der Waals surface area contributed by atoms with Crippen LogP contribution in [0.2, 0.25) is 0 Å². The van der Waals surface area contributed by atoms with E-state index in [1.807, 2.05) is 17.8 Å². The minimum absolute atomic E-state index is 0.0883. The normalized spacial score (nSPS) is 18.6. The van der Waals surface area contributed by atoms with Crippen LogP contribution < -0.4 is 5.32 Å². The number of nitrogens with one attached hydrogen (secondary N) is 1. The minimum Gasteiger partial charge on any atom is -0.351 e. The number of thioether (sulfide) groups is 1. The van der Waals surface area contributed by atoms with E-state index in [2.05, 4.69) is 5.32 Å². The molecule has 3 nitrogen and oxygen atoms in total. The van der Waals surface area contributed by atoms with Crippen LogP contribution in [0, 0.1) is 11.3 Å². The van der Waals surface area contributed by atoms with Crippen LogP contribution in [0.3, 0.4) is 0 Å². The Balaban J connectivity index is 1.92. The Morgan fingerprint density at radius 2 is 2.47 bits per heavy atom. The predicted octanol–water partition coefficient (Wildman–Crippen LogP) is 2.18. The number of nitrogens with zero attached hydrogens (tertiary/aromatic N) is 1. The standard InChI is InChI=1S/C13H14N2OS/c14-8-10-3-1-4-11(7-10)13(16)15-9-12-5-2-6-17-12/h1,3-4,7,12H,2,5-6,9H2,(H,15,16). The number of hydrogen-bond acceptors (Lipinski definition) is 3. The molecule has 1 N–H and O–H groups in total. The van der Waals surface area contributed by atoms with E-state index in [-0.39, 0.29) is 5.91 Å². The van der Waals surface area contributed by atoms with E-state index < -0.39 is 0 Å². The van der Waals surface area contributed by atoms with Gasteiger partial charge in [-0.05, 0) is 36.8 Å². The second-order valence-electron chi connectivity index (χ2n) is 4.04. The van der Waals surface area contributed by atoms with E-state index in [4.69, 9.17) is 5.26 Å². The van der Waals surface area contributed by atoms with Gasteiger partial charge < -0.3 is 5.32 Å². The van der Waals surface area contributed by atoms with Crippen molar-refractivity contribution in [2.45, 2.75) is 18.1 Å². The molecule has 1 aliphatic rings. The molecule has 88 valence electrons. The van der Waals surface area contributed by atoms with Gasteiger partial charge in [-0.15, -0.1) is 0 Å². The molecule has 1 aromatic rings. The van der Waals surface area contributed by atoms with Crippen LogP contribution in [0.5, 0.6) is 0 Å². The summed E-state index contributed by atoms with van der Waals surface area (Å²) in [5.41, 5.74) is 1.08. The third-order valence-corrected chi connectivity index (χ3v) is 4.17. The van der Waals surface area contributed by atoms with Gasteiger partial charge in [-0.2, -0.15) is 17.0 Å². The smallest absolute Gasteiger partial charge is 0.251 e. The van der Waals surface area contributed by atoms with Crippen molar-refractivity contribution in [3.8, 4) is 6.07 Å². The zero-order valence-electron chi connectivity index (χ0n) is 9.48. The summed E-state index contributed by atoms with van der Waals surface area (Å²) in [6.07, 6.45) is 2.43. The number of benzene rings is 1. The number of hydrogen-bond donors (Lipinski definition) is 1. The fourth-order valence-corrected chi connectivity index (χ4v) is 3.05. The summed E-state index contributed by atoms with van der Waals surface area (Å²) in [5.74, 6) is 1.11. The molecule has 0 radical (unpaired) electrons. The number of carbonyl (C=O) groups excluding carboxylic acids is 1. The number of amides is 1. The molecule has 1 atom stereocenters. The molecule has 0 aliphatic carbocycles. The molecule has 2 rings (SSSR count). The summed E-state index contributed by atoms with van der Waals surface area (Å²) in [6, 6.07) is 8.82. The molecule has 1 saturated heterocycles. The van der Waals surface area contributed by atoms with Crippen molar-refractivity contribution < 1.29 is 4.79 Å². The van der Waals surface area contributed by atoms with Gasteiger partial charge in [0.05, 0.1) is 11.6 Å². The Morgan fingerprint density at radius 1 is 1.59 bits per heavy atom. The highest BCUT2D eigenvalue weighted by molar-refractivity contribution is 8.00. The second-order valence-corrected chi connectivity index (χ2v) is 5.45. The van der Waals surface area contributed by atoms with E-state index >= 15 is 0 Å². The first-order valence-corrected chi connectivity index (χ1v) is 6.74. The van der Waals surface area contributed by atoms with Gasteiger partial charge >= 0.3 is 0 Å². The van der Waals surface area contributed by atoms with Gasteiger partial charge in [-0.3, -0.25) is 4.79 Å². The maximum atomic E-state index is 11.8. The summed E-state index contributed by atoms with van der Waals surface area (Å²) in [6.45, 7) is 0.723. The number of carbonyl (C=O) groups is 1. The van der Waals surface area contributed by atoms with Crippen LogP contribution in [0.4, 0.5) is 0 Å². The van der Waals surface area contributed by atoms with Gasteiger partial charge in [-0.25, -0.2) is 0 Å². The first-order chi connectivity index (χ1) is 8.29. The monoisotopic (exact) mass is 246 g/mol. The fourth-order valence-electron chi connectivity index (χ4n) is 1.84. The summed E-state index contributed by atoms with van der Waals surface area (Å²) in [5, 5.41) is 12.2. The van der Waals surface area contributed by atoms with Crippen LogP contribution in [0.15, 0.2) is 24.3 Å². The van der Waals surface area contributed by atoms with E-state index in [1.54, 1.807) is 24.3 Å². The fraction of sp³-hybridized carbons (Fsp3) is 0.385. The average Bonchev–Trinajstić information content (AvgIpc) is 2.89. The van der Waals surface area contributed by atoms with Gasteiger partial charge in [0.25, 0.3) is 5.91 Å². The van der Waals surface area contributed by atoms with E-state index in [0.29, 0.717) is 16.4 Å². The van der Waals surface area contributed by atoms with Crippen LogP contribution in [0.1, 0.15) is 28.8 Å². The maximum absolute atomic E-state index is 11.8. The van der Waals surface area contributed by atoms with Crippen LogP contribution in [-0.2, 0) is 0 Å². The van der Waals surface area contributed by atoms with Crippen molar-refractivity contribution >= 4 is 17.7 Å². The third kappa shape index (κ3) is 3.24. The first kappa shape index (κ1) is 12.0. The van der Waals surface area contributed by atoms with Crippen molar-refractivity contribution in [1.82, 2.24) is 5.32 Å². The molecule has 1 unspecified atom stereocenters. The summed E-state index contributed by atoms with van der Waals surface area (Å²) < 4.78 is 0. The van der Waals surface area contributed by atoms with Crippen molar-refractivity contribution in [2.75, 3.05) is 12.3 Å². The summed E-state index contributed by atoms with van der Waals surface area (Å²) in [4.78, 5) is 11.8. The van der Waals surface area contributed by atoms with Crippen molar-refractivity contribution in [3.05, 3.63) is 35.4 Å². The van der Waals surface area contributed by atoms with E-state index in [0.717, 1.165) is 6.54 Å². The first-order valence-electron chi connectivity index (χ1n) is 5.69. The topological polar surface area (TPSA) is 52.9 Å². The lowest BCUT2D eigenvalue weighted by atomic mass is 10.1. The zero-order valence-corrected chi connectivity index (χ0v) is 10.3. The number of rotatable bonds is 3. The molecule has 1 amide bonds. The molecular formula is C13H14N2OS. The Labute approximate surface area is 105 Å². The largest absolute Gasteiger partial charge is 0.351 e. The molecule has 0 saturated carbocycles. The average molecular weight is 246 g/mol. The lowest BCUT2D eigenvalue weighted by Gasteiger charge is -2.10. The highest BCUT2D eigenvalue weighted by Gasteiger charge is 2.16. The Kier molecular flexibility index (Phi) is 4.05. The predicted molar refractivity (Wildman–Crippen MR) is 69.0 cm³/mol. The van der Waals surface area contributed by atoms with Gasteiger partial charge in [-0.1, -0.05) is 6.07 Å². The van der Waals surface area contributed by atoms with Gasteiger partial charge in [0.2, 0.25) is 0 Å². The molecular weight excluding hydrogens is 232 g/mol. The quantitative estimate of drug-likeness (QED) is 0.889. The van der Waals surface area contributed by atoms with Crippen LogP contribution in [0.25, 0.3) is 0 Å². The second kappa shape index (κ2) is 5.74. The van der Waals surface area contributed by atoms with Crippen molar-refractivity contribution in [2.24, 2.45) is 0 Å². The lowest BCUT2D eigenvalue weighted by Crippen LogP contribution is -2.29. The van der Waals surface area contributed by atoms with Gasteiger partial charge in [0, 0.05) is 17.4 Å². The molecule has 1 heterocycles. The maximum Gasteiger partial charge on any atom is 0.251 e. The molecule has 0 aromatic heterocycles. The minimum atomic E-state index is -0.0883. The Hall–Kier alpha value is -1.47. The van der Waals surface area contributed by atoms with E-state index in [9.17, 15) is 4.79 Å². The highest BCUT2D eigenvalue weighted by Crippen LogP contribution is 2.25. The Morgan fingerprint density at radius 3 is 3.18 bits per heavy atom. The van der Waals surface area contributed by atoms with Crippen molar-refractivity contribution in [3.63, 3.8) is 0 Å². The molecule has 1 aromatic carbocycles. The van der Waals surface area contributed by atoms with Crippen LogP contribution >= 0.6 is 11.8 Å². The molecule has 1 fully saturated rings. The number of nitriles is 1. The zero-order chi connectivity index (χ0) is 12.1. The molecule has 4 heteroatoms. The molecule has 0 bridgehead atoms. The summed E-state index contributed by atoms with van der Waals surface area (Å²) >= 11 is 1.92. The van der Waals surface area contributed by atoms with Gasteiger partial charge in [0.15, 0.2) is 0 Å². The van der Waals surface area contributed by atoms with Gasteiger partial charge in [0.1, 0.15) is 0 Å². The Bertz CT molecular complexity index is 447. The molecule has 1 aliphatic heterocycles. The highest BCUT2D eigenvalue weighted by atomic mass is 32.2. The van der Waals surface area contributed by atoms with Crippen LogP contribution in [-0.4, -0.2) is 23.5 Å². The third-order valence-electron chi connectivity index (χ3n) is 2.77. The van der Waals surface area contributed by atoms with Crippen molar-refractivity contribution in [1.29, 1.82) is 5.26 Å². The SMILES string of the molecule is N#Cc1cccc(C(=O)NCC2CCCS2)c1. The summed E-state index contributed by atoms with van der Waals surface area (Å²) in [7, 11) is 0. The van der Waals surface area contributed by atoms with E-state index in [1.165, 1.54) is 18.6 Å². The molecule has 0 spiro atoms. The molecule has 17 heavy (non-hydrogen) atoms.